The molecule has 2 heterocycles. The number of aryl methyl sites for hydroxylation is 1. The number of rotatable bonds is 2. The first-order chi connectivity index (χ1) is 9.63. The fourth-order valence-corrected chi connectivity index (χ4v) is 2.27. The van der Waals surface area contributed by atoms with E-state index in [1.165, 1.54) is 4.68 Å². The lowest BCUT2D eigenvalue weighted by molar-refractivity contribution is -0.0164. The lowest BCUT2D eigenvalue weighted by Gasteiger charge is -2.19. The molecule has 6 nitrogen and oxygen atoms in total. The fourth-order valence-electron chi connectivity index (χ4n) is 2.03. The topological polar surface area (TPSA) is 74.7 Å². The Morgan fingerprint density at radius 3 is 3.10 bits per heavy atom. The van der Waals surface area contributed by atoms with E-state index in [2.05, 4.69) is 10.1 Å². The van der Waals surface area contributed by atoms with Gasteiger partial charge in [-0.05, 0) is 19.1 Å². The normalized spacial score (nSPS) is 14.3. The van der Waals surface area contributed by atoms with Crippen LogP contribution in [0.5, 0.6) is 5.75 Å². The second kappa shape index (κ2) is 5.15. The lowest BCUT2D eigenvalue weighted by atomic mass is 10.1. The number of aromatic nitrogens is 2. The molecular formula is C13H13ClN4O2. The summed E-state index contributed by atoms with van der Waals surface area (Å²) in [6.07, 6.45) is 3.39. The van der Waals surface area contributed by atoms with Crippen LogP contribution < -0.4 is 10.5 Å². The summed E-state index contributed by atoms with van der Waals surface area (Å²) in [4.78, 5) is 4.08. The molecule has 0 fully saturated rings. The second-order valence-electron chi connectivity index (χ2n) is 4.42. The highest BCUT2D eigenvalue weighted by atomic mass is 35.5. The van der Waals surface area contributed by atoms with Gasteiger partial charge in [0.1, 0.15) is 5.75 Å². The van der Waals surface area contributed by atoms with E-state index in [-0.39, 0.29) is 6.79 Å². The van der Waals surface area contributed by atoms with Gasteiger partial charge in [0.15, 0.2) is 6.79 Å². The van der Waals surface area contributed by atoms with Crippen molar-refractivity contribution < 1.29 is 9.47 Å². The maximum atomic E-state index is 6.08. The van der Waals surface area contributed by atoms with Crippen LogP contribution in [0.1, 0.15) is 16.8 Å². The molecule has 0 aliphatic carbocycles. The first-order valence-electron chi connectivity index (χ1n) is 6.02. The Morgan fingerprint density at radius 2 is 2.35 bits per heavy atom. The largest absolute Gasteiger partial charge is 0.466 e. The monoisotopic (exact) mass is 292 g/mol. The zero-order chi connectivity index (χ0) is 14.1. The van der Waals surface area contributed by atoms with Crippen molar-refractivity contribution in [3.8, 4) is 5.75 Å². The van der Waals surface area contributed by atoms with Crippen molar-refractivity contribution in [1.82, 2.24) is 9.66 Å². The van der Waals surface area contributed by atoms with Gasteiger partial charge in [-0.15, -0.1) is 0 Å². The minimum Gasteiger partial charge on any atom is -0.466 e. The Kier molecular flexibility index (Phi) is 3.33. The standard InChI is InChI=1S/C13H13ClN4O2/c1-8-5-18(13(15)17-8)16-4-9-2-11(14)3-10-6-19-7-20-12(9)10/h2-5H,6-7H2,1H3,(H2,15,17). The van der Waals surface area contributed by atoms with Crippen molar-refractivity contribution in [3.05, 3.63) is 40.2 Å². The first-order valence-corrected chi connectivity index (χ1v) is 6.40. The molecule has 0 saturated carbocycles. The number of hydrogen-bond donors (Lipinski definition) is 1. The predicted molar refractivity (Wildman–Crippen MR) is 76.1 cm³/mol. The molecule has 104 valence electrons. The maximum absolute atomic E-state index is 6.08. The number of nitrogen functional groups attached to an aromatic ring is 1. The summed E-state index contributed by atoms with van der Waals surface area (Å²) < 4.78 is 12.2. The van der Waals surface area contributed by atoms with E-state index in [0.717, 1.165) is 22.6 Å². The van der Waals surface area contributed by atoms with Crippen LogP contribution in [-0.4, -0.2) is 22.7 Å². The van der Waals surface area contributed by atoms with Gasteiger partial charge in [-0.25, -0.2) is 9.66 Å². The molecule has 0 unspecified atom stereocenters. The van der Waals surface area contributed by atoms with Crippen molar-refractivity contribution in [1.29, 1.82) is 0 Å². The molecule has 0 atom stereocenters. The number of hydrogen-bond acceptors (Lipinski definition) is 5. The van der Waals surface area contributed by atoms with E-state index in [1.807, 2.05) is 13.0 Å². The molecule has 1 aromatic carbocycles. The van der Waals surface area contributed by atoms with Crippen molar-refractivity contribution in [2.45, 2.75) is 13.5 Å². The number of ether oxygens (including phenoxy) is 2. The molecule has 0 saturated heterocycles. The molecule has 2 N–H and O–H groups in total. The molecule has 1 aliphatic heterocycles. The Morgan fingerprint density at radius 1 is 1.50 bits per heavy atom. The van der Waals surface area contributed by atoms with E-state index in [9.17, 15) is 0 Å². The number of nitrogens with zero attached hydrogens (tertiary/aromatic N) is 3. The van der Waals surface area contributed by atoms with E-state index >= 15 is 0 Å². The molecule has 0 amide bonds. The molecule has 1 aromatic heterocycles. The molecule has 3 rings (SSSR count). The zero-order valence-corrected chi connectivity index (χ0v) is 11.6. The third-order valence-electron chi connectivity index (χ3n) is 2.86. The Hall–Kier alpha value is -2.05. The number of benzene rings is 1. The fraction of sp³-hybridized carbons (Fsp3) is 0.231. The predicted octanol–water partition coefficient (Wildman–Crippen LogP) is 2.18. The number of fused-ring (bicyclic) bond motifs is 1. The minimum atomic E-state index is 0.224. The van der Waals surface area contributed by atoms with Crippen LogP contribution in [0.4, 0.5) is 5.95 Å². The van der Waals surface area contributed by atoms with E-state index in [4.69, 9.17) is 26.8 Å². The summed E-state index contributed by atoms with van der Waals surface area (Å²) in [5.41, 5.74) is 8.22. The molecule has 2 aromatic rings. The lowest BCUT2D eigenvalue weighted by Crippen LogP contribution is -2.13. The van der Waals surface area contributed by atoms with Crippen LogP contribution >= 0.6 is 11.6 Å². The summed E-state index contributed by atoms with van der Waals surface area (Å²) in [6.45, 7) is 2.55. The van der Waals surface area contributed by atoms with Crippen LogP contribution in [0.2, 0.25) is 5.02 Å². The Balaban J connectivity index is 1.98. The first kappa shape index (κ1) is 13.0. The molecular weight excluding hydrogens is 280 g/mol. The maximum Gasteiger partial charge on any atom is 0.221 e. The summed E-state index contributed by atoms with van der Waals surface area (Å²) in [5, 5.41) is 4.88. The summed E-state index contributed by atoms with van der Waals surface area (Å²) in [5.74, 6) is 1.07. The number of anilines is 1. The minimum absolute atomic E-state index is 0.224. The van der Waals surface area contributed by atoms with Crippen LogP contribution in [0.15, 0.2) is 23.4 Å². The van der Waals surface area contributed by atoms with Gasteiger partial charge in [-0.2, -0.15) is 5.10 Å². The van der Waals surface area contributed by atoms with Crippen molar-refractivity contribution >= 4 is 23.8 Å². The number of imidazole rings is 1. The van der Waals surface area contributed by atoms with Crippen molar-refractivity contribution in [2.75, 3.05) is 12.5 Å². The van der Waals surface area contributed by atoms with Gasteiger partial charge >= 0.3 is 0 Å². The van der Waals surface area contributed by atoms with Gasteiger partial charge in [0, 0.05) is 16.1 Å². The van der Waals surface area contributed by atoms with Gasteiger partial charge in [-0.3, -0.25) is 0 Å². The van der Waals surface area contributed by atoms with Crippen LogP contribution in [0.25, 0.3) is 0 Å². The highest BCUT2D eigenvalue weighted by molar-refractivity contribution is 6.31. The third-order valence-corrected chi connectivity index (χ3v) is 3.08. The molecule has 0 radical (unpaired) electrons. The van der Waals surface area contributed by atoms with Crippen molar-refractivity contribution in [3.63, 3.8) is 0 Å². The molecule has 7 heteroatoms. The van der Waals surface area contributed by atoms with Gasteiger partial charge < -0.3 is 15.2 Å². The van der Waals surface area contributed by atoms with Gasteiger partial charge in [-0.1, -0.05) is 11.6 Å². The summed E-state index contributed by atoms with van der Waals surface area (Å²) in [6, 6.07) is 3.61. The van der Waals surface area contributed by atoms with E-state index < -0.39 is 0 Å². The average Bonchev–Trinajstić information content (AvgIpc) is 2.74. The highest BCUT2D eigenvalue weighted by Crippen LogP contribution is 2.30. The molecule has 20 heavy (non-hydrogen) atoms. The van der Waals surface area contributed by atoms with Crippen LogP contribution in [0.3, 0.4) is 0 Å². The summed E-state index contributed by atoms with van der Waals surface area (Å²) in [7, 11) is 0. The van der Waals surface area contributed by atoms with Gasteiger partial charge in [0.25, 0.3) is 0 Å². The molecule has 0 bridgehead atoms. The smallest absolute Gasteiger partial charge is 0.221 e. The molecule has 0 spiro atoms. The average molecular weight is 293 g/mol. The van der Waals surface area contributed by atoms with Crippen LogP contribution in [-0.2, 0) is 11.3 Å². The van der Waals surface area contributed by atoms with Crippen LogP contribution in [0, 0.1) is 6.92 Å². The summed E-state index contributed by atoms with van der Waals surface area (Å²) >= 11 is 6.08. The van der Waals surface area contributed by atoms with Crippen molar-refractivity contribution in [2.24, 2.45) is 5.10 Å². The number of halogens is 1. The van der Waals surface area contributed by atoms with E-state index in [1.54, 1.807) is 18.5 Å². The second-order valence-corrected chi connectivity index (χ2v) is 4.86. The Labute approximate surface area is 120 Å². The third kappa shape index (κ3) is 2.48. The van der Waals surface area contributed by atoms with E-state index in [0.29, 0.717) is 17.6 Å². The van der Waals surface area contributed by atoms with Gasteiger partial charge in [0.2, 0.25) is 5.95 Å². The van der Waals surface area contributed by atoms with Gasteiger partial charge in [0.05, 0.1) is 24.7 Å². The highest BCUT2D eigenvalue weighted by Gasteiger charge is 2.15. The zero-order valence-electron chi connectivity index (χ0n) is 10.8. The Bertz CT molecular complexity index is 681. The quantitative estimate of drug-likeness (QED) is 0.861. The number of nitrogens with two attached hydrogens (primary N) is 1. The molecule has 1 aliphatic rings. The SMILES string of the molecule is Cc1cn(N=Cc2cc(Cl)cc3c2OCOC3)c(N)n1.